The van der Waals surface area contributed by atoms with Crippen molar-refractivity contribution in [2.75, 3.05) is 14.2 Å². The molecule has 0 aliphatic carbocycles. The number of carbonyl (C=O) groups is 1. The molecule has 0 saturated carbocycles. The molecule has 0 aromatic heterocycles. The summed E-state index contributed by atoms with van der Waals surface area (Å²) < 4.78 is 0. The van der Waals surface area contributed by atoms with Gasteiger partial charge in [-0.15, -0.1) is 12.3 Å². The number of nitrogens with zero attached hydrogens (tertiary/aromatic N) is 1. The van der Waals surface area contributed by atoms with E-state index in [1.165, 1.54) is 14.2 Å². The molecule has 0 bridgehead atoms. The predicted octanol–water partition coefficient (Wildman–Crippen LogP) is 0.718. The Labute approximate surface area is 97.0 Å². The van der Waals surface area contributed by atoms with Gasteiger partial charge in [0, 0.05) is 13.5 Å². The van der Waals surface area contributed by atoms with Gasteiger partial charge >= 0.3 is 0 Å². The first-order chi connectivity index (χ1) is 7.31. The average molecular weight is 228 g/mol. The van der Waals surface area contributed by atoms with Crippen LogP contribution in [0.5, 0.6) is 0 Å². The van der Waals surface area contributed by atoms with E-state index < -0.39 is 11.6 Å². The summed E-state index contributed by atoms with van der Waals surface area (Å²) in [4.78, 5) is 21.8. The fraction of sp³-hybridized carbons (Fsp3) is 0.727. The second-order valence-electron chi connectivity index (χ2n) is 4.31. The van der Waals surface area contributed by atoms with Gasteiger partial charge in [0.15, 0.2) is 0 Å². The molecule has 0 aliphatic heterocycles. The quantitative estimate of drug-likeness (QED) is 0.556. The molecule has 0 aromatic rings. The van der Waals surface area contributed by atoms with E-state index in [-0.39, 0.29) is 12.3 Å². The van der Waals surface area contributed by atoms with Crippen LogP contribution >= 0.6 is 0 Å². The number of nitrogens with one attached hydrogen (secondary N) is 1. The van der Waals surface area contributed by atoms with Crippen LogP contribution in [0, 0.1) is 12.3 Å². The maximum atomic E-state index is 11.7. The molecule has 0 radical (unpaired) electrons. The zero-order chi connectivity index (χ0) is 12.8. The Morgan fingerprint density at radius 3 is 2.50 bits per heavy atom. The number of rotatable bonds is 5. The lowest BCUT2D eigenvalue weighted by atomic mass is 10.2. The lowest BCUT2D eigenvalue weighted by molar-refractivity contribution is -0.178. The smallest absolute Gasteiger partial charge is 0.266 e. The van der Waals surface area contributed by atoms with Gasteiger partial charge in [0.2, 0.25) is 0 Å². The molecule has 1 atom stereocenters. The highest BCUT2D eigenvalue weighted by Gasteiger charge is 2.23. The molecular weight excluding hydrogens is 208 g/mol. The molecule has 0 spiro atoms. The summed E-state index contributed by atoms with van der Waals surface area (Å²) >= 11 is 0. The largest absolute Gasteiger partial charge is 0.295 e. The number of hydrogen-bond acceptors (Lipinski definition) is 4. The maximum Gasteiger partial charge on any atom is 0.266 e. The molecule has 5 heteroatoms. The zero-order valence-electron chi connectivity index (χ0n) is 10.5. The van der Waals surface area contributed by atoms with Crippen molar-refractivity contribution >= 4 is 5.91 Å². The van der Waals surface area contributed by atoms with Crippen molar-refractivity contribution < 1.29 is 14.5 Å². The minimum Gasteiger partial charge on any atom is -0.295 e. The van der Waals surface area contributed by atoms with E-state index >= 15 is 0 Å². The zero-order valence-corrected chi connectivity index (χ0v) is 10.5. The highest BCUT2D eigenvalue weighted by molar-refractivity contribution is 5.80. The Morgan fingerprint density at radius 1 is 1.56 bits per heavy atom. The van der Waals surface area contributed by atoms with Crippen molar-refractivity contribution in [3.05, 3.63) is 0 Å². The van der Waals surface area contributed by atoms with E-state index in [2.05, 4.69) is 11.4 Å². The maximum absolute atomic E-state index is 11.7. The Balaban J connectivity index is 4.39. The summed E-state index contributed by atoms with van der Waals surface area (Å²) in [5.74, 6) is 2.14. The van der Waals surface area contributed by atoms with Crippen LogP contribution in [0.1, 0.15) is 27.2 Å². The molecule has 1 N–H and O–H groups in total. The minimum absolute atomic E-state index is 0.239. The molecule has 0 rings (SSSR count). The monoisotopic (exact) mass is 228 g/mol. The van der Waals surface area contributed by atoms with Crippen molar-refractivity contribution in [1.82, 2.24) is 10.5 Å². The van der Waals surface area contributed by atoms with Crippen LogP contribution in [0.3, 0.4) is 0 Å². The third kappa shape index (κ3) is 5.71. The molecule has 92 valence electrons. The summed E-state index contributed by atoms with van der Waals surface area (Å²) in [6, 6.07) is -0.603. The van der Waals surface area contributed by atoms with Gasteiger partial charge in [-0.2, -0.15) is 5.48 Å². The number of hydrogen-bond donors (Lipinski definition) is 1. The number of hydroxylamine groups is 3. The van der Waals surface area contributed by atoms with Gasteiger partial charge in [-0.05, 0) is 20.8 Å². The third-order valence-corrected chi connectivity index (χ3v) is 1.71. The minimum atomic E-state index is -0.603. The standard InChI is InChI=1S/C11H20N2O3/c1-7-8-9(10(14)13(5)15-6)12-16-11(2,3)4/h1,9,12H,8H2,2-6H3. The fourth-order valence-corrected chi connectivity index (χ4v) is 0.855. The van der Waals surface area contributed by atoms with E-state index in [4.69, 9.17) is 16.1 Å². The molecule has 1 unspecified atom stereocenters. The molecule has 0 saturated heterocycles. The Hall–Kier alpha value is -1.09. The SMILES string of the molecule is C#CCC(NOC(C)(C)C)C(=O)N(C)OC. The van der Waals surface area contributed by atoms with Gasteiger partial charge in [-0.25, -0.2) is 5.06 Å². The third-order valence-electron chi connectivity index (χ3n) is 1.71. The van der Waals surface area contributed by atoms with Crippen molar-refractivity contribution in [2.24, 2.45) is 0 Å². The normalized spacial score (nSPS) is 13.0. The van der Waals surface area contributed by atoms with E-state index in [0.717, 1.165) is 5.06 Å². The molecule has 5 nitrogen and oxygen atoms in total. The van der Waals surface area contributed by atoms with Crippen LogP contribution in [0.2, 0.25) is 0 Å². The fourth-order valence-electron chi connectivity index (χ4n) is 0.855. The van der Waals surface area contributed by atoms with E-state index in [0.29, 0.717) is 0 Å². The highest BCUT2D eigenvalue weighted by atomic mass is 16.7. The molecule has 0 aromatic carbocycles. The van der Waals surface area contributed by atoms with Crippen molar-refractivity contribution in [3.8, 4) is 12.3 Å². The molecule has 0 heterocycles. The van der Waals surface area contributed by atoms with Gasteiger partial charge in [-0.1, -0.05) is 0 Å². The van der Waals surface area contributed by atoms with Crippen LogP contribution in [0.25, 0.3) is 0 Å². The Bertz CT molecular complexity index is 265. The Morgan fingerprint density at radius 2 is 2.12 bits per heavy atom. The van der Waals surface area contributed by atoms with E-state index in [1.807, 2.05) is 20.8 Å². The number of carbonyl (C=O) groups excluding carboxylic acids is 1. The summed E-state index contributed by atoms with van der Waals surface area (Å²) in [6.07, 6.45) is 5.43. The number of likely N-dealkylation sites (N-methyl/N-ethyl adjacent to an activating group) is 1. The summed E-state index contributed by atoms with van der Waals surface area (Å²) in [5, 5.41) is 1.11. The van der Waals surface area contributed by atoms with Crippen molar-refractivity contribution in [3.63, 3.8) is 0 Å². The van der Waals surface area contributed by atoms with E-state index in [1.54, 1.807) is 0 Å². The van der Waals surface area contributed by atoms with E-state index in [9.17, 15) is 4.79 Å². The lowest BCUT2D eigenvalue weighted by Crippen LogP contribution is -2.46. The molecular formula is C11H20N2O3. The van der Waals surface area contributed by atoms with Crippen LogP contribution in [0.4, 0.5) is 0 Å². The predicted molar refractivity (Wildman–Crippen MR) is 61.0 cm³/mol. The first kappa shape index (κ1) is 14.9. The van der Waals surface area contributed by atoms with Crippen LogP contribution < -0.4 is 5.48 Å². The van der Waals surface area contributed by atoms with Gasteiger partial charge in [0.25, 0.3) is 5.91 Å². The topological polar surface area (TPSA) is 50.8 Å². The van der Waals surface area contributed by atoms with Crippen LogP contribution in [0.15, 0.2) is 0 Å². The van der Waals surface area contributed by atoms with Crippen molar-refractivity contribution in [1.29, 1.82) is 0 Å². The Kier molecular flexibility index (Phi) is 6.04. The first-order valence-electron chi connectivity index (χ1n) is 5.00. The first-order valence-corrected chi connectivity index (χ1v) is 5.00. The lowest BCUT2D eigenvalue weighted by Gasteiger charge is -2.25. The van der Waals surface area contributed by atoms with Gasteiger partial charge < -0.3 is 0 Å². The van der Waals surface area contributed by atoms with Crippen LogP contribution in [-0.4, -0.2) is 36.8 Å². The van der Waals surface area contributed by atoms with Crippen molar-refractivity contribution in [2.45, 2.75) is 38.8 Å². The second kappa shape index (κ2) is 6.48. The summed E-state index contributed by atoms with van der Waals surface area (Å²) in [6.45, 7) is 5.62. The average Bonchev–Trinajstić information content (AvgIpc) is 2.20. The van der Waals surface area contributed by atoms with Gasteiger partial charge in [0.05, 0.1) is 12.7 Å². The number of amides is 1. The molecule has 0 aliphatic rings. The summed E-state index contributed by atoms with van der Waals surface area (Å²) in [7, 11) is 2.93. The van der Waals surface area contributed by atoms with Gasteiger partial charge in [-0.3, -0.25) is 14.5 Å². The summed E-state index contributed by atoms with van der Waals surface area (Å²) in [5.41, 5.74) is 2.27. The molecule has 16 heavy (non-hydrogen) atoms. The highest BCUT2D eigenvalue weighted by Crippen LogP contribution is 2.06. The second-order valence-corrected chi connectivity index (χ2v) is 4.31. The number of terminal acetylenes is 1. The van der Waals surface area contributed by atoms with Crippen LogP contribution in [-0.2, 0) is 14.5 Å². The molecule has 1 amide bonds. The molecule has 0 fully saturated rings. The van der Waals surface area contributed by atoms with Gasteiger partial charge in [0.1, 0.15) is 6.04 Å².